The fraction of sp³-hybridized carbons (Fsp3) is 0.500. The lowest BCUT2D eigenvalue weighted by atomic mass is 9.97. The molecular weight excluding hydrogens is 344 g/mol. The van der Waals surface area contributed by atoms with Crippen molar-refractivity contribution >= 4 is 16.6 Å². The van der Waals surface area contributed by atoms with Crippen molar-refractivity contribution in [2.45, 2.75) is 45.4 Å². The maximum Gasteiger partial charge on any atom is 0.166 e. The van der Waals surface area contributed by atoms with E-state index in [4.69, 9.17) is 18.9 Å². The third-order valence-electron chi connectivity index (χ3n) is 4.79. The number of carbonyl (C=O) groups is 1. The predicted octanol–water partition coefficient (Wildman–Crippen LogP) is 5.42. The molecule has 0 spiro atoms. The first kappa shape index (κ1) is 20.9. The Bertz CT molecular complexity index is 782. The third kappa shape index (κ3) is 4.46. The van der Waals surface area contributed by atoms with Crippen molar-refractivity contribution in [2.24, 2.45) is 0 Å². The van der Waals surface area contributed by atoms with Crippen LogP contribution in [0.3, 0.4) is 0 Å². The minimum Gasteiger partial charge on any atom is -0.496 e. The molecule has 0 unspecified atom stereocenters. The van der Waals surface area contributed by atoms with Crippen molar-refractivity contribution in [1.29, 1.82) is 0 Å². The molecule has 0 atom stereocenters. The molecule has 0 amide bonds. The molecule has 0 aromatic heterocycles. The second kappa shape index (κ2) is 10.0. The van der Waals surface area contributed by atoms with Gasteiger partial charge in [-0.25, -0.2) is 0 Å². The van der Waals surface area contributed by atoms with Gasteiger partial charge in [0, 0.05) is 6.42 Å². The van der Waals surface area contributed by atoms with Gasteiger partial charge in [-0.1, -0.05) is 32.6 Å². The number of rotatable bonds is 11. The molecule has 27 heavy (non-hydrogen) atoms. The minimum absolute atomic E-state index is 0.0495. The third-order valence-corrected chi connectivity index (χ3v) is 4.79. The van der Waals surface area contributed by atoms with Crippen LogP contribution in [0.25, 0.3) is 10.8 Å². The quantitative estimate of drug-likeness (QED) is 0.388. The van der Waals surface area contributed by atoms with Crippen molar-refractivity contribution in [2.75, 3.05) is 28.4 Å². The summed E-state index contributed by atoms with van der Waals surface area (Å²) in [5, 5.41) is 1.42. The molecule has 0 radical (unpaired) electrons. The zero-order chi connectivity index (χ0) is 19.8. The summed E-state index contributed by atoms with van der Waals surface area (Å²) in [7, 11) is 6.34. The number of carbonyl (C=O) groups excluding carboxylic acids is 1. The molecule has 2 aromatic carbocycles. The molecule has 0 bridgehead atoms. The fourth-order valence-electron chi connectivity index (χ4n) is 3.38. The van der Waals surface area contributed by atoms with Crippen LogP contribution < -0.4 is 18.9 Å². The number of hydrogen-bond donors (Lipinski definition) is 0. The van der Waals surface area contributed by atoms with Gasteiger partial charge in [-0.2, -0.15) is 0 Å². The number of fused-ring (bicyclic) bond motifs is 1. The van der Waals surface area contributed by atoms with Crippen LogP contribution in [0.15, 0.2) is 18.2 Å². The second-order valence-corrected chi connectivity index (χ2v) is 6.47. The number of ketones is 1. The Balaban J connectivity index is 2.52. The smallest absolute Gasteiger partial charge is 0.166 e. The van der Waals surface area contributed by atoms with Gasteiger partial charge in [-0.05, 0) is 24.6 Å². The van der Waals surface area contributed by atoms with Gasteiger partial charge in [0.25, 0.3) is 0 Å². The van der Waals surface area contributed by atoms with Crippen LogP contribution in [0.4, 0.5) is 0 Å². The van der Waals surface area contributed by atoms with E-state index < -0.39 is 0 Å². The highest BCUT2D eigenvalue weighted by Crippen LogP contribution is 2.46. The molecule has 5 nitrogen and oxygen atoms in total. The van der Waals surface area contributed by atoms with Crippen molar-refractivity contribution in [3.05, 3.63) is 23.8 Å². The van der Waals surface area contributed by atoms with E-state index in [0.29, 0.717) is 40.4 Å². The van der Waals surface area contributed by atoms with Gasteiger partial charge in [-0.3, -0.25) is 4.79 Å². The average Bonchev–Trinajstić information content (AvgIpc) is 2.71. The summed E-state index contributed by atoms with van der Waals surface area (Å²) < 4.78 is 22.3. The van der Waals surface area contributed by atoms with Crippen LogP contribution in [0.2, 0.25) is 0 Å². The largest absolute Gasteiger partial charge is 0.496 e. The van der Waals surface area contributed by atoms with Crippen LogP contribution in [-0.2, 0) is 0 Å². The zero-order valence-electron chi connectivity index (χ0n) is 17.0. The monoisotopic (exact) mass is 374 g/mol. The molecule has 0 saturated carbocycles. The Labute approximate surface area is 161 Å². The maximum atomic E-state index is 12.9. The Kier molecular flexibility index (Phi) is 7.77. The summed E-state index contributed by atoms with van der Waals surface area (Å²) in [6.07, 6.45) is 5.97. The molecule has 0 aliphatic heterocycles. The van der Waals surface area contributed by atoms with E-state index in [-0.39, 0.29) is 5.78 Å². The van der Waals surface area contributed by atoms with Gasteiger partial charge in [0.2, 0.25) is 0 Å². The normalized spacial score (nSPS) is 10.7. The Hall–Kier alpha value is -2.43. The van der Waals surface area contributed by atoms with Crippen LogP contribution in [0.5, 0.6) is 23.0 Å². The lowest BCUT2D eigenvalue weighted by molar-refractivity contribution is 0.0976. The number of Topliss-reactive ketones (excluding diaryl/α,β-unsaturated/α-hetero) is 1. The second-order valence-electron chi connectivity index (χ2n) is 6.47. The Morgan fingerprint density at radius 1 is 0.778 bits per heavy atom. The molecule has 0 aliphatic carbocycles. The number of unbranched alkanes of at least 4 members (excludes halogenated alkanes) is 4. The first-order chi connectivity index (χ1) is 13.1. The topological polar surface area (TPSA) is 54.0 Å². The molecule has 0 heterocycles. The molecule has 2 rings (SSSR count). The zero-order valence-corrected chi connectivity index (χ0v) is 17.0. The van der Waals surface area contributed by atoms with Crippen molar-refractivity contribution in [1.82, 2.24) is 0 Å². The van der Waals surface area contributed by atoms with Crippen molar-refractivity contribution in [3.63, 3.8) is 0 Å². The van der Waals surface area contributed by atoms with E-state index in [2.05, 4.69) is 6.92 Å². The number of benzene rings is 2. The number of hydrogen-bond acceptors (Lipinski definition) is 5. The van der Waals surface area contributed by atoms with Crippen LogP contribution in [-0.4, -0.2) is 34.2 Å². The van der Waals surface area contributed by atoms with Gasteiger partial charge in [-0.15, -0.1) is 0 Å². The van der Waals surface area contributed by atoms with Gasteiger partial charge in [0.15, 0.2) is 5.78 Å². The molecule has 0 N–H and O–H groups in total. The van der Waals surface area contributed by atoms with Gasteiger partial charge >= 0.3 is 0 Å². The van der Waals surface area contributed by atoms with Crippen LogP contribution >= 0.6 is 0 Å². The lowest BCUT2D eigenvalue weighted by Crippen LogP contribution is -2.05. The molecular formula is C22H30O5. The van der Waals surface area contributed by atoms with Gasteiger partial charge < -0.3 is 18.9 Å². The fourth-order valence-corrected chi connectivity index (χ4v) is 3.38. The molecule has 0 aliphatic rings. The summed E-state index contributed by atoms with van der Waals surface area (Å²) in [5.41, 5.74) is 0.517. The average molecular weight is 374 g/mol. The summed E-state index contributed by atoms with van der Waals surface area (Å²) in [6, 6.07) is 5.37. The molecule has 0 fully saturated rings. The Morgan fingerprint density at radius 2 is 1.37 bits per heavy atom. The molecule has 5 heteroatoms. The molecule has 148 valence electrons. The SMILES string of the molecule is CCCCCCCC(=O)c1cc(OC)c2c(OC)ccc(OC)c2c1OC. The summed E-state index contributed by atoms with van der Waals surface area (Å²) >= 11 is 0. The van der Waals surface area contributed by atoms with E-state index in [1.165, 1.54) is 12.8 Å². The highest BCUT2D eigenvalue weighted by atomic mass is 16.5. The predicted molar refractivity (Wildman–Crippen MR) is 108 cm³/mol. The van der Waals surface area contributed by atoms with Crippen molar-refractivity contribution in [3.8, 4) is 23.0 Å². The molecule has 2 aromatic rings. The standard InChI is InChI=1S/C22H30O5/c1-6-7-8-9-10-11-16(23)15-14-19(26-4)20-17(24-2)12-13-18(25-3)21(20)22(15)27-5/h12-14H,6-11H2,1-5H3. The van der Waals surface area contributed by atoms with E-state index >= 15 is 0 Å². The first-order valence-corrected chi connectivity index (χ1v) is 9.45. The highest BCUT2D eigenvalue weighted by Gasteiger charge is 2.23. The maximum absolute atomic E-state index is 12.9. The summed E-state index contributed by atoms with van der Waals surface area (Å²) in [5.74, 6) is 2.36. The van der Waals surface area contributed by atoms with E-state index in [0.717, 1.165) is 24.6 Å². The van der Waals surface area contributed by atoms with E-state index in [9.17, 15) is 4.79 Å². The molecule has 0 saturated heterocycles. The van der Waals surface area contributed by atoms with Crippen LogP contribution in [0, 0.1) is 0 Å². The minimum atomic E-state index is 0.0495. The number of ether oxygens (including phenoxy) is 4. The summed E-state index contributed by atoms with van der Waals surface area (Å²) in [6.45, 7) is 2.18. The van der Waals surface area contributed by atoms with Gasteiger partial charge in [0.1, 0.15) is 23.0 Å². The van der Waals surface area contributed by atoms with Gasteiger partial charge in [0.05, 0.1) is 44.8 Å². The Morgan fingerprint density at radius 3 is 1.93 bits per heavy atom. The van der Waals surface area contributed by atoms with E-state index in [1.54, 1.807) is 34.5 Å². The van der Waals surface area contributed by atoms with Crippen LogP contribution in [0.1, 0.15) is 55.8 Å². The first-order valence-electron chi connectivity index (χ1n) is 9.45. The lowest BCUT2D eigenvalue weighted by Gasteiger charge is -2.18. The van der Waals surface area contributed by atoms with Crippen molar-refractivity contribution < 1.29 is 23.7 Å². The highest BCUT2D eigenvalue weighted by molar-refractivity contribution is 6.10. The number of methoxy groups -OCH3 is 4. The van der Waals surface area contributed by atoms with E-state index in [1.807, 2.05) is 12.1 Å². The summed E-state index contributed by atoms with van der Waals surface area (Å²) in [4.78, 5) is 12.9.